The van der Waals surface area contributed by atoms with Gasteiger partial charge in [-0.05, 0) is 36.8 Å². The SMILES string of the molecule is CCNc1cc(COc2ccc(Cl)cc2[N+](=O)[O-])ccn1. The summed E-state index contributed by atoms with van der Waals surface area (Å²) in [7, 11) is 0. The lowest BCUT2D eigenvalue weighted by Gasteiger charge is -2.08. The van der Waals surface area contributed by atoms with Gasteiger partial charge in [0, 0.05) is 23.8 Å². The molecule has 1 aromatic carbocycles. The number of pyridine rings is 1. The highest BCUT2D eigenvalue weighted by molar-refractivity contribution is 6.30. The maximum Gasteiger partial charge on any atom is 0.312 e. The van der Waals surface area contributed by atoms with E-state index in [1.165, 1.54) is 12.1 Å². The van der Waals surface area contributed by atoms with Crippen LogP contribution in [-0.4, -0.2) is 16.5 Å². The number of aromatic nitrogens is 1. The molecule has 1 heterocycles. The van der Waals surface area contributed by atoms with Crippen molar-refractivity contribution in [3.05, 3.63) is 57.2 Å². The molecule has 0 amide bonds. The number of hydrogen-bond donors (Lipinski definition) is 1. The molecule has 0 atom stereocenters. The number of halogens is 1. The van der Waals surface area contributed by atoms with Crippen LogP contribution in [0, 0.1) is 10.1 Å². The number of nitrogens with one attached hydrogen (secondary N) is 1. The van der Waals surface area contributed by atoms with Crippen LogP contribution >= 0.6 is 11.6 Å². The predicted molar refractivity (Wildman–Crippen MR) is 80.8 cm³/mol. The number of rotatable bonds is 6. The highest BCUT2D eigenvalue weighted by Gasteiger charge is 2.15. The highest BCUT2D eigenvalue weighted by Crippen LogP contribution is 2.30. The van der Waals surface area contributed by atoms with Gasteiger partial charge in [0.2, 0.25) is 0 Å². The Morgan fingerprint density at radius 2 is 2.19 bits per heavy atom. The zero-order chi connectivity index (χ0) is 15.2. The average molecular weight is 308 g/mol. The van der Waals surface area contributed by atoms with Crippen molar-refractivity contribution in [1.82, 2.24) is 4.98 Å². The fourth-order valence-electron chi connectivity index (χ4n) is 1.76. The average Bonchev–Trinajstić information content (AvgIpc) is 2.46. The van der Waals surface area contributed by atoms with Gasteiger partial charge in [-0.15, -0.1) is 0 Å². The minimum atomic E-state index is -0.516. The summed E-state index contributed by atoms with van der Waals surface area (Å²) in [4.78, 5) is 14.6. The van der Waals surface area contributed by atoms with Crippen molar-refractivity contribution < 1.29 is 9.66 Å². The molecule has 1 N–H and O–H groups in total. The van der Waals surface area contributed by atoms with Crippen LogP contribution in [-0.2, 0) is 6.61 Å². The minimum Gasteiger partial charge on any atom is -0.482 e. The number of nitro groups is 1. The molecule has 21 heavy (non-hydrogen) atoms. The molecule has 0 spiro atoms. The number of ether oxygens (including phenoxy) is 1. The van der Waals surface area contributed by atoms with Gasteiger partial charge in [-0.25, -0.2) is 4.98 Å². The third-order valence-corrected chi connectivity index (χ3v) is 2.93. The molecule has 2 rings (SSSR count). The largest absolute Gasteiger partial charge is 0.482 e. The Bertz CT molecular complexity index is 649. The van der Waals surface area contributed by atoms with E-state index in [2.05, 4.69) is 10.3 Å². The van der Waals surface area contributed by atoms with Crippen LogP contribution in [0.2, 0.25) is 5.02 Å². The van der Waals surface area contributed by atoms with Gasteiger partial charge in [-0.1, -0.05) is 11.6 Å². The monoisotopic (exact) mass is 307 g/mol. The number of nitrogens with zero attached hydrogens (tertiary/aromatic N) is 2. The molecule has 0 saturated heterocycles. The van der Waals surface area contributed by atoms with Crippen LogP contribution < -0.4 is 10.1 Å². The van der Waals surface area contributed by atoms with E-state index >= 15 is 0 Å². The van der Waals surface area contributed by atoms with E-state index in [9.17, 15) is 10.1 Å². The van der Waals surface area contributed by atoms with Crippen molar-refractivity contribution in [3.63, 3.8) is 0 Å². The summed E-state index contributed by atoms with van der Waals surface area (Å²) in [6, 6.07) is 7.95. The van der Waals surface area contributed by atoms with E-state index in [0.717, 1.165) is 17.9 Å². The molecule has 0 saturated carbocycles. The summed E-state index contributed by atoms with van der Waals surface area (Å²) in [6.45, 7) is 2.95. The normalized spacial score (nSPS) is 10.2. The highest BCUT2D eigenvalue weighted by atomic mass is 35.5. The topological polar surface area (TPSA) is 77.3 Å². The third-order valence-electron chi connectivity index (χ3n) is 2.69. The van der Waals surface area contributed by atoms with Crippen LogP contribution in [0.15, 0.2) is 36.5 Å². The van der Waals surface area contributed by atoms with Crippen LogP contribution in [0.3, 0.4) is 0 Å². The Morgan fingerprint density at radius 1 is 1.38 bits per heavy atom. The lowest BCUT2D eigenvalue weighted by atomic mass is 10.2. The van der Waals surface area contributed by atoms with E-state index < -0.39 is 4.92 Å². The second kappa shape index (κ2) is 6.90. The predicted octanol–water partition coefficient (Wildman–Crippen LogP) is 3.65. The van der Waals surface area contributed by atoms with Crippen molar-refractivity contribution in [3.8, 4) is 5.75 Å². The zero-order valence-electron chi connectivity index (χ0n) is 11.4. The van der Waals surface area contributed by atoms with Crippen LogP contribution in [0.25, 0.3) is 0 Å². The minimum absolute atomic E-state index is 0.150. The Morgan fingerprint density at radius 3 is 2.90 bits per heavy atom. The number of hydrogen-bond acceptors (Lipinski definition) is 5. The van der Waals surface area contributed by atoms with E-state index in [0.29, 0.717) is 5.02 Å². The second-order valence-corrected chi connectivity index (χ2v) is 4.67. The number of benzene rings is 1. The molecule has 6 nitrogen and oxygen atoms in total. The van der Waals surface area contributed by atoms with Gasteiger partial charge in [0.25, 0.3) is 0 Å². The summed E-state index contributed by atoms with van der Waals surface area (Å²) in [6.07, 6.45) is 1.66. The van der Waals surface area contributed by atoms with Crippen LogP contribution in [0.1, 0.15) is 12.5 Å². The fourth-order valence-corrected chi connectivity index (χ4v) is 1.92. The zero-order valence-corrected chi connectivity index (χ0v) is 12.1. The molecule has 2 aromatic rings. The first-order chi connectivity index (χ1) is 10.1. The molecule has 7 heteroatoms. The summed E-state index contributed by atoms with van der Waals surface area (Å²) >= 11 is 5.76. The first-order valence-corrected chi connectivity index (χ1v) is 6.73. The molecule has 1 aromatic heterocycles. The van der Waals surface area contributed by atoms with Gasteiger partial charge in [-0.3, -0.25) is 10.1 Å². The van der Waals surface area contributed by atoms with E-state index in [1.807, 2.05) is 13.0 Å². The summed E-state index contributed by atoms with van der Waals surface area (Å²) < 4.78 is 5.52. The van der Waals surface area contributed by atoms with Crippen molar-refractivity contribution in [2.24, 2.45) is 0 Å². The van der Waals surface area contributed by atoms with Gasteiger partial charge in [0.15, 0.2) is 5.75 Å². The summed E-state index contributed by atoms with van der Waals surface area (Å²) in [5, 5.41) is 14.4. The van der Waals surface area contributed by atoms with Crippen molar-refractivity contribution in [2.45, 2.75) is 13.5 Å². The van der Waals surface area contributed by atoms with E-state index in [1.54, 1.807) is 18.3 Å². The van der Waals surface area contributed by atoms with Crippen molar-refractivity contribution in [2.75, 3.05) is 11.9 Å². The Balaban J connectivity index is 2.13. The lowest BCUT2D eigenvalue weighted by molar-refractivity contribution is -0.385. The summed E-state index contributed by atoms with van der Waals surface area (Å²) in [5.41, 5.74) is 0.716. The molecular formula is C14H14ClN3O3. The Hall–Kier alpha value is -2.34. The molecule has 0 aliphatic carbocycles. The maximum absolute atomic E-state index is 11.0. The van der Waals surface area contributed by atoms with Gasteiger partial charge >= 0.3 is 5.69 Å². The van der Waals surface area contributed by atoms with Gasteiger partial charge in [-0.2, -0.15) is 0 Å². The van der Waals surface area contributed by atoms with Crippen molar-refractivity contribution >= 4 is 23.1 Å². The molecule has 0 bridgehead atoms. The van der Waals surface area contributed by atoms with E-state index in [-0.39, 0.29) is 18.0 Å². The Kier molecular flexibility index (Phi) is 4.94. The van der Waals surface area contributed by atoms with Gasteiger partial charge in [0.1, 0.15) is 12.4 Å². The van der Waals surface area contributed by atoms with Crippen LogP contribution in [0.4, 0.5) is 11.5 Å². The maximum atomic E-state index is 11.0. The third kappa shape index (κ3) is 4.06. The molecule has 0 aliphatic rings. The van der Waals surface area contributed by atoms with Crippen molar-refractivity contribution in [1.29, 1.82) is 0 Å². The fraction of sp³-hybridized carbons (Fsp3) is 0.214. The first kappa shape index (κ1) is 15.1. The smallest absolute Gasteiger partial charge is 0.312 e. The lowest BCUT2D eigenvalue weighted by Crippen LogP contribution is -2.02. The summed E-state index contributed by atoms with van der Waals surface area (Å²) in [5.74, 6) is 0.926. The van der Waals surface area contributed by atoms with Gasteiger partial charge < -0.3 is 10.1 Å². The van der Waals surface area contributed by atoms with E-state index in [4.69, 9.17) is 16.3 Å². The Labute approximate surface area is 126 Å². The molecular weight excluding hydrogens is 294 g/mol. The number of nitro benzene ring substituents is 1. The van der Waals surface area contributed by atoms with Crippen LogP contribution in [0.5, 0.6) is 5.75 Å². The standard InChI is InChI=1S/C14H14ClN3O3/c1-2-16-14-7-10(5-6-17-14)9-21-13-4-3-11(15)8-12(13)18(19)20/h3-8H,2,9H2,1H3,(H,16,17). The molecule has 110 valence electrons. The molecule has 0 radical (unpaired) electrons. The first-order valence-electron chi connectivity index (χ1n) is 6.35. The van der Waals surface area contributed by atoms with Gasteiger partial charge in [0.05, 0.1) is 4.92 Å². The molecule has 0 unspecified atom stereocenters. The quantitative estimate of drug-likeness (QED) is 0.651. The second-order valence-electron chi connectivity index (χ2n) is 4.24. The molecule has 0 fully saturated rings. The number of anilines is 1. The molecule has 0 aliphatic heterocycles.